The van der Waals surface area contributed by atoms with Crippen LogP contribution >= 0.6 is 23.1 Å². The smallest absolute Gasteiger partial charge is 0.263 e. The molecule has 34 heavy (non-hydrogen) atoms. The van der Waals surface area contributed by atoms with Crippen molar-refractivity contribution in [1.82, 2.24) is 9.55 Å². The summed E-state index contributed by atoms with van der Waals surface area (Å²) in [6.07, 6.45) is 5.05. The number of carbonyl (C=O) groups is 1. The molecule has 2 atom stereocenters. The van der Waals surface area contributed by atoms with Gasteiger partial charge >= 0.3 is 0 Å². The van der Waals surface area contributed by atoms with Gasteiger partial charge in [0.1, 0.15) is 4.83 Å². The molecule has 1 amide bonds. The van der Waals surface area contributed by atoms with Crippen molar-refractivity contribution in [1.29, 1.82) is 0 Å². The van der Waals surface area contributed by atoms with Crippen LogP contribution in [0, 0.1) is 19.8 Å². The van der Waals surface area contributed by atoms with Crippen LogP contribution in [0.3, 0.4) is 0 Å². The average Bonchev–Trinajstić information content (AvgIpc) is 3.44. The van der Waals surface area contributed by atoms with Gasteiger partial charge < -0.3 is 10.1 Å². The Bertz CT molecular complexity index is 1290. The normalized spacial score (nSPS) is 20.0. The lowest BCUT2D eigenvalue weighted by molar-refractivity contribution is -0.113. The van der Waals surface area contributed by atoms with E-state index >= 15 is 0 Å². The fourth-order valence-electron chi connectivity index (χ4n) is 4.87. The molecule has 0 spiro atoms. The number of thiophene rings is 1. The third kappa shape index (κ3) is 4.68. The minimum absolute atomic E-state index is 0.0185. The second-order valence-corrected chi connectivity index (χ2v) is 11.6. The van der Waals surface area contributed by atoms with Crippen LogP contribution in [0.1, 0.15) is 47.8 Å². The molecule has 5 rings (SSSR count). The molecule has 0 radical (unpaired) electrons. The maximum Gasteiger partial charge on any atom is 0.263 e. The van der Waals surface area contributed by atoms with Gasteiger partial charge in [0, 0.05) is 17.2 Å². The minimum Gasteiger partial charge on any atom is -0.376 e. The van der Waals surface area contributed by atoms with E-state index in [2.05, 4.69) is 12.2 Å². The van der Waals surface area contributed by atoms with E-state index < -0.39 is 0 Å². The average molecular weight is 498 g/mol. The lowest BCUT2D eigenvalue weighted by Crippen LogP contribution is -2.29. The Hall–Kier alpha value is -2.16. The van der Waals surface area contributed by atoms with Crippen molar-refractivity contribution in [3.05, 3.63) is 50.1 Å². The first-order valence-electron chi connectivity index (χ1n) is 12.1. The fourth-order valence-corrected chi connectivity index (χ4v) is 7.10. The van der Waals surface area contributed by atoms with Crippen LogP contribution in [0.5, 0.6) is 0 Å². The number of nitrogens with one attached hydrogen (secondary N) is 1. The van der Waals surface area contributed by atoms with Crippen molar-refractivity contribution < 1.29 is 9.53 Å². The number of benzene rings is 1. The Balaban J connectivity index is 1.44. The summed E-state index contributed by atoms with van der Waals surface area (Å²) in [5.74, 6) is 0.729. The fraction of sp³-hybridized carbons (Fsp3) is 0.500. The monoisotopic (exact) mass is 497 g/mol. The molecule has 1 aliphatic heterocycles. The highest BCUT2D eigenvalue weighted by molar-refractivity contribution is 7.99. The van der Waals surface area contributed by atoms with E-state index in [1.807, 2.05) is 32.0 Å². The summed E-state index contributed by atoms with van der Waals surface area (Å²) in [5, 5.41) is 4.41. The molecule has 0 saturated carbocycles. The zero-order valence-electron chi connectivity index (χ0n) is 20.0. The minimum atomic E-state index is -0.101. The van der Waals surface area contributed by atoms with Crippen molar-refractivity contribution in [3.63, 3.8) is 0 Å². The molecule has 2 aromatic heterocycles. The first-order valence-corrected chi connectivity index (χ1v) is 13.9. The van der Waals surface area contributed by atoms with Crippen LogP contribution in [0.25, 0.3) is 10.2 Å². The highest BCUT2D eigenvalue weighted by atomic mass is 32.2. The van der Waals surface area contributed by atoms with Gasteiger partial charge in [-0.3, -0.25) is 14.2 Å². The first kappa shape index (κ1) is 23.6. The van der Waals surface area contributed by atoms with Gasteiger partial charge in [-0.1, -0.05) is 30.8 Å². The quantitative estimate of drug-likeness (QED) is 0.378. The number of carbonyl (C=O) groups excluding carboxylic acids is 1. The maximum atomic E-state index is 13.7. The van der Waals surface area contributed by atoms with Crippen LogP contribution in [-0.2, 0) is 28.9 Å². The molecule has 1 saturated heterocycles. The Labute approximate surface area is 208 Å². The number of rotatable bonds is 6. The summed E-state index contributed by atoms with van der Waals surface area (Å²) < 4.78 is 7.61. The zero-order chi connectivity index (χ0) is 23.8. The lowest BCUT2D eigenvalue weighted by Gasteiger charge is -2.18. The van der Waals surface area contributed by atoms with E-state index in [0.717, 1.165) is 65.7 Å². The predicted molar refractivity (Wildman–Crippen MR) is 139 cm³/mol. The molecular weight excluding hydrogens is 466 g/mol. The van der Waals surface area contributed by atoms with Crippen LogP contribution in [-0.4, -0.2) is 33.9 Å². The van der Waals surface area contributed by atoms with Crippen molar-refractivity contribution in [2.45, 2.75) is 70.7 Å². The Morgan fingerprint density at radius 1 is 1.32 bits per heavy atom. The number of aromatic nitrogens is 2. The van der Waals surface area contributed by atoms with Crippen LogP contribution in [0.15, 0.2) is 28.2 Å². The first-order chi connectivity index (χ1) is 16.4. The number of thioether (sulfide) groups is 1. The number of ether oxygens (including phenoxy) is 1. The molecule has 180 valence electrons. The highest BCUT2D eigenvalue weighted by Crippen LogP contribution is 2.36. The van der Waals surface area contributed by atoms with E-state index in [4.69, 9.17) is 9.72 Å². The maximum absolute atomic E-state index is 13.7. The largest absolute Gasteiger partial charge is 0.376 e. The Morgan fingerprint density at radius 2 is 2.18 bits per heavy atom. The van der Waals surface area contributed by atoms with Crippen molar-refractivity contribution in [3.8, 4) is 0 Å². The third-order valence-corrected chi connectivity index (χ3v) is 9.13. The molecule has 2 aliphatic rings. The van der Waals surface area contributed by atoms with Gasteiger partial charge in [0.15, 0.2) is 5.16 Å². The van der Waals surface area contributed by atoms with Crippen LogP contribution < -0.4 is 10.9 Å². The second-order valence-electron chi connectivity index (χ2n) is 9.56. The molecule has 1 aromatic carbocycles. The number of hydrogen-bond acceptors (Lipinski definition) is 6. The molecule has 1 N–H and O–H groups in total. The predicted octanol–water partition coefficient (Wildman–Crippen LogP) is 5.11. The number of fused-ring (bicyclic) bond motifs is 3. The molecule has 6 nitrogen and oxygen atoms in total. The third-order valence-electron chi connectivity index (χ3n) is 7.00. The number of amides is 1. The summed E-state index contributed by atoms with van der Waals surface area (Å²) in [6, 6.07) is 5.89. The highest BCUT2D eigenvalue weighted by Gasteiger charge is 2.26. The van der Waals surface area contributed by atoms with Crippen LogP contribution in [0.4, 0.5) is 5.69 Å². The Morgan fingerprint density at radius 3 is 2.97 bits per heavy atom. The number of nitrogens with zero attached hydrogens (tertiary/aromatic N) is 2. The molecule has 1 fully saturated rings. The van der Waals surface area contributed by atoms with Gasteiger partial charge in [-0.25, -0.2) is 4.98 Å². The van der Waals surface area contributed by atoms with Gasteiger partial charge in [0.25, 0.3) is 5.56 Å². The molecule has 3 heterocycles. The lowest BCUT2D eigenvalue weighted by atomic mass is 9.89. The molecule has 2 unspecified atom stereocenters. The molecule has 3 aromatic rings. The number of aryl methyl sites for hydroxylation is 2. The molecule has 1 aliphatic carbocycles. The molecule has 8 heteroatoms. The second kappa shape index (κ2) is 9.84. The van der Waals surface area contributed by atoms with Crippen molar-refractivity contribution in [2.24, 2.45) is 5.92 Å². The molecular formula is C26H31N3O3S2. The topological polar surface area (TPSA) is 73.2 Å². The van der Waals surface area contributed by atoms with Gasteiger partial charge in [0.05, 0.1) is 23.8 Å². The van der Waals surface area contributed by atoms with Crippen molar-refractivity contribution >= 4 is 44.9 Å². The van der Waals surface area contributed by atoms with Crippen LogP contribution in [0.2, 0.25) is 0 Å². The summed E-state index contributed by atoms with van der Waals surface area (Å²) in [6.45, 7) is 7.54. The summed E-state index contributed by atoms with van der Waals surface area (Å²) in [5.41, 5.74) is 4.24. The van der Waals surface area contributed by atoms with Gasteiger partial charge in [-0.15, -0.1) is 11.3 Å². The zero-order valence-corrected chi connectivity index (χ0v) is 21.6. The van der Waals surface area contributed by atoms with E-state index in [1.54, 1.807) is 15.9 Å². The molecule has 0 bridgehead atoms. The summed E-state index contributed by atoms with van der Waals surface area (Å²) >= 11 is 2.99. The van der Waals surface area contributed by atoms with E-state index in [9.17, 15) is 9.59 Å². The van der Waals surface area contributed by atoms with Gasteiger partial charge in [-0.2, -0.15) is 0 Å². The van der Waals surface area contributed by atoms with Crippen molar-refractivity contribution in [2.75, 3.05) is 17.7 Å². The van der Waals surface area contributed by atoms with Gasteiger partial charge in [-0.05, 0) is 74.6 Å². The summed E-state index contributed by atoms with van der Waals surface area (Å²) in [7, 11) is 0. The Kier molecular flexibility index (Phi) is 6.82. The van der Waals surface area contributed by atoms with E-state index in [1.165, 1.54) is 22.2 Å². The van der Waals surface area contributed by atoms with E-state index in [0.29, 0.717) is 17.6 Å². The number of hydrogen-bond donors (Lipinski definition) is 1. The summed E-state index contributed by atoms with van der Waals surface area (Å²) in [4.78, 5) is 33.5. The number of anilines is 1. The standard InChI is InChI=1S/C26H31N3O3S2/c1-15-9-10-19-21(12-15)34-24-23(19)25(31)29(13-18-7-5-11-32-18)26(28-24)33-14-22(30)27-20-8-4-6-16(2)17(20)3/h4,6,8,15,18H,5,7,9-14H2,1-3H3,(H,27,30). The van der Waals surface area contributed by atoms with E-state index in [-0.39, 0.29) is 23.3 Å². The SMILES string of the molecule is Cc1cccc(NC(=O)CSc2nc3sc4c(c3c(=O)n2CC2CCCO2)CCC(C)C4)c1C. The van der Waals surface area contributed by atoms with Gasteiger partial charge in [0.2, 0.25) is 5.91 Å².